The number of benzene rings is 2. The first-order chi connectivity index (χ1) is 12.9. The molecule has 0 aliphatic rings. The molecular weight excluding hydrogens is 411 g/mol. The van der Waals surface area contributed by atoms with Gasteiger partial charge in [-0.2, -0.15) is 13.2 Å². The molecule has 0 fully saturated rings. The zero-order valence-corrected chi connectivity index (χ0v) is 14.3. The fourth-order valence-electron chi connectivity index (χ4n) is 2.53. The van der Waals surface area contributed by atoms with Gasteiger partial charge in [0.05, 0.1) is 16.9 Å². The third-order valence-corrected chi connectivity index (χ3v) is 4.69. The molecule has 0 amide bonds. The highest BCUT2D eigenvalue weighted by Gasteiger charge is 2.30. The lowest BCUT2D eigenvalue weighted by molar-refractivity contribution is -0.137. The quantitative estimate of drug-likeness (QED) is 0.659. The van der Waals surface area contributed by atoms with Gasteiger partial charge < -0.3 is 4.42 Å². The molecule has 2 aromatic carbocycles. The largest absolute Gasteiger partial charge is 0.424 e. The predicted octanol–water partition coefficient (Wildman–Crippen LogP) is 3.04. The summed E-state index contributed by atoms with van der Waals surface area (Å²) >= 11 is 0. The van der Waals surface area contributed by atoms with Crippen LogP contribution >= 0.6 is 0 Å². The summed E-state index contributed by atoms with van der Waals surface area (Å²) < 4.78 is 94.2. The van der Waals surface area contributed by atoms with Crippen molar-refractivity contribution < 1.29 is 34.8 Å². The average Bonchev–Trinajstić information content (AvgIpc) is 2.93. The minimum atomic E-state index is -4.69. The second kappa shape index (κ2) is 6.56. The monoisotopic (exact) mass is 420 g/mol. The maximum absolute atomic E-state index is 14.1. The third-order valence-electron chi connectivity index (χ3n) is 3.73. The Morgan fingerprint density at radius 2 is 1.54 bits per heavy atom. The average molecular weight is 420 g/mol. The van der Waals surface area contributed by atoms with Gasteiger partial charge in [0.2, 0.25) is 10.0 Å². The van der Waals surface area contributed by atoms with E-state index in [2.05, 4.69) is 4.42 Å². The van der Waals surface area contributed by atoms with Crippen molar-refractivity contribution >= 4 is 10.0 Å². The normalized spacial score (nSPS) is 12.4. The fourth-order valence-corrected chi connectivity index (χ4v) is 3.19. The van der Waals surface area contributed by atoms with Crippen LogP contribution in [0, 0.1) is 11.6 Å². The third kappa shape index (κ3) is 3.55. The Balaban J connectivity index is 2.16. The van der Waals surface area contributed by atoms with E-state index in [4.69, 9.17) is 5.14 Å². The summed E-state index contributed by atoms with van der Waals surface area (Å²) in [5, 5.41) is 4.75. The number of nitrogens with two attached hydrogens (primary N) is 1. The maximum atomic E-state index is 14.1. The molecule has 2 N–H and O–H groups in total. The molecule has 12 heteroatoms. The number of rotatable bonds is 3. The second-order valence-electron chi connectivity index (χ2n) is 5.58. The van der Waals surface area contributed by atoms with Gasteiger partial charge in [0, 0.05) is 5.56 Å². The molecule has 0 aliphatic carbocycles. The van der Waals surface area contributed by atoms with Crippen molar-refractivity contribution in [1.29, 1.82) is 0 Å². The second-order valence-corrected chi connectivity index (χ2v) is 7.08. The summed E-state index contributed by atoms with van der Waals surface area (Å²) in [5.74, 6) is -4.05. The van der Waals surface area contributed by atoms with Crippen molar-refractivity contribution in [2.75, 3.05) is 0 Å². The van der Waals surface area contributed by atoms with E-state index in [-0.39, 0.29) is 16.9 Å². The molecule has 3 rings (SSSR count). The Bertz CT molecular complexity index is 1190. The molecule has 0 saturated carbocycles. The number of sulfonamides is 1. The topological polar surface area (TPSA) is 95.3 Å². The molecular formula is C16H9F5N2O4S. The van der Waals surface area contributed by atoms with Crippen LogP contribution in [-0.2, 0) is 16.2 Å². The molecule has 28 heavy (non-hydrogen) atoms. The van der Waals surface area contributed by atoms with Crippen LogP contribution in [0.3, 0.4) is 0 Å². The minimum absolute atomic E-state index is 0.0712. The summed E-state index contributed by atoms with van der Waals surface area (Å²) in [6.45, 7) is 0. The van der Waals surface area contributed by atoms with E-state index < -0.39 is 44.0 Å². The molecule has 0 bridgehead atoms. The maximum Gasteiger partial charge on any atom is 0.424 e. The highest BCUT2D eigenvalue weighted by Crippen LogP contribution is 2.31. The Hall–Kier alpha value is -2.99. The number of nitrogens with zero attached hydrogens (tertiary/aromatic N) is 1. The van der Waals surface area contributed by atoms with Crippen LogP contribution in [0.4, 0.5) is 22.0 Å². The van der Waals surface area contributed by atoms with Crippen LogP contribution in [-0.4, -0.2) is 13.0 Å². The van der Waals surface area contributed by atoms with Crippen molar-refractivity contribution in [3.8, 4) is 16.9 Å². The number of hydrogen-bond donors (Lipinski definition) is 1. The van der Waals surface area contributed by atoms with Gasteiger partial charge in [-0.3, -0.25) is 0 Å². The summed E-state index contributed by atoms with van der Waals surface area (Å²) in [6, 6.07) is 4.57. The van der Waals surface area contributed by atoms with Gasteiger partial charge in [0.1, 0.15) is 17.9 Å². The van der Waals surface area contributed by atoms with E-state index in [1.807, 2.05) is 0 Å². The first-order valence-corrected chi connectivity index (χ1v) is 8.84. The van der Waals surface area contributed by atoms with Gasteiger partial charge in [-0.15, -0.1) is 0 Å². The smallest absolute Gasteiger partial charge is 0.415 e. The van der Waals surface area contributed by atoms with Gasteiger partial charge in [0.15, 0.2) is 4.90 Å². The van der Waals surface area contributed by atoms with E-state index in [1.54, 1.807) is 0 Å². The summed E-state index contributed by atoms with van der Waals surface area (Å²) in [7, 11) is -4.69. The molecule has 3 aromatic rings. The van der Waals surface area contributed by atoms with E-state index in [9.17, 15) is 35.2 Å². The molecule has 0 saturated heterocycles. The molecule has 1 heterocycles. The zero-order valence-electron chi connectivity index (χ0n) is 13.5. The first-order valence-electron chi connectivity index (χ1n) is 7.30. The van der Waals surface area contributed by atoms with Crippen LogP contribution in [0.15, 0.2) is 56.8 Å². The molecule has 0 spiro atoms. The summed E-state index contributed by atoms with van der Waals surface area (Å²) in [4.78, 5) is 10.6. The van der Waals surface area contributed by atoms with Crippen molar-refractivity contribution in [3.63, 3.8) is 0 Å². The lowest BCUT2D eigenvalue weighted by Gasteiger charge is -2.10. The minimum Gasteiger partial charge on any atom is -0.415 e. The standard InChI is InChI=1S/C16H9F5N2O4S/c17-11-5-8(6-12(18)14(11)28(22,25)26)13-7-27-15(24)23(13)10-3-1-9(2-4-10)16(19,20)21/h1-7H,(H2,22,25,26). The van der Waals surface area contributed by atoms with Gasteiger partial charge in [-0.05, 0) is 36.4 Å². The molecule has 0 atom stereocenters. The Morgan fingerprint density at radius 3 is 2.00 bits per heavy atom. The molecule has 0 aliphatic heterocycles. The summed E-state index contributed by atoms with van der Waals surface area (Å²) in [6.07, 6.45) is -3.77. The van der Waals surface area contributed by atoms with Crippen LogP contribution in [0.25, 0.3) is 16.9 Å². The van der Waals surface area contributed by atoms with Crippen LogP contribution in [0.1, 0.15) is 5.56 Å². The SMILES string of the molecule is NS(=O)(=O)c1c(F)cc(-c2coc(=O)n2-c2ccc(C(F)(F)F)cc2)cc1F. The molecule has 6 nitrogen and oxygen atoms in total. The van der Waals surface area contributed by atoms with E-state index in [0.29, 0.717) is 24.3 Å². The van der Waals surface area contributed by atoms with E-state index in [1.165, 1.54) is 0 Å². The van der Waals surface area contributed by atoms with Gasteiger partial charge in [-0.25, -0.2) is 31.7 Å². The van der Waals surface area contributed by atoms with Gasteiger partial charge in [-0.1, -0.05) is 0 Å². The van der Waals surface area contributed by atoms with Crippen molar-refractivity contribution in [2.24, 2.45) is 5.14 Å². The molecule has 0 radical (unpaired) electrons. The number of primary sulfonamides is 1. The molecule has 1 aromatic heterocycles. The Labute approximate surface area is 153 Å². The molecule has 148 valence electrons. The van der Waals surface area contributed by atoms with Crippen molar-refractivity contribution in [3.05, 3.63) is 70.4 Å². The Morgan fingerprint density at radius 1 is 1.00 bits per heavy atom. The highest BCUT2D eigenvalue weighted by molar-refractivity contribution is 7.89. The first kappa shape index (κ1) is 19.8. The lowest BCUT2D eigenvalue weighted by atomic mass is 10.1. The summed E-state index contributed by atoms with van der Waals surface area (Å²) in [5.41, 5.74) is -1.56. The van der Waals surface area contributed by atoms with Crippen LogP contribution in [0.5, 0.6) is 0 Å². The van der Waals surface area contributed by atoms with Gasteiger partial charge >= 0.3 is 11.9 Å². The van der Waals surface area contributed by atoms with Crippen LogP contribution in [0.2, 0.25) is 0 Å². The predicted molar refractivity (Wildman–Crippen MR) is 86.0 cm³/mol. The highest BCUT2D eigenvalue weighted by atomic mass is 32.2. The van der Waals surface area contributed by atoms with Crippen LogP contribution < -0.4 is 10.9 Å². The van der Waals surface area contributed by atoms with E-state index >= 15 is 0 Å². The Kier molecular flexibility index (Phi) is 4.63. The van der Waals surface area contributed by atoms with E-state index in [0.717, 1.165) is 23.0 Å². The fraction of sp³-hybridized carbons (Fsp3) is 0.0625. The number of aromatic nitrogens is 1. The number of halogens is 5. The zero-order chi connectivity index (χ0) is 20.9. The molecule has 0 unspecified atom stereocenters. The number of oxazole rings is 1. The lowest BCUT2D eigenvalue weighted by Crippen LogP contribution is -2.17. The number of hydrogen-bond acceptors (Lipinski definition) is 4. The van der Waals surface area contributed by atoms with Crippen molar-refractivity contribution in [1.82, 2.24) is 4.57 Å². The van der Waals surface area contributed by atoms with Crippen molar-refractivity contribution in [2.45, 2.75) is 11.1 Å². The number of alkyl halides is 3. The van der Waals surface area contributed by atoms with Gasteiger partial charge in [0.25, 0.3) is 0 Å².